The van der Waals surface area contributed by atoms with E-state index in [-0.39, 0.29) is 5.91 Å². The van der Waals surface area contributed by atoms with E-state index in [1.54, 1.807) is 6.20 Å². The molecule has 0 unspecified atom stereocenters. The number of nitrogens with one attached hydrogen (secondary N) is 1. The van der Waals surface area contributed by atoms with E-state index in [9.17, 15) is 4.79 Å². The summed E-state index contributed by atoms with van der Waals surface area (Å²) >= 11 is 1.40. The van der Waals surface area contributed by atoms with Crippen molar-refractivity contribution in [2.24, 2.45) is 0 Å². The fourth-order valence-electron chi connectivity index (χ4n) is 1.77. The Labute approximate surface area is 113 Å². The van der Waals surface area contributed by atoms with Crippen LogP contribution >= 0.6 is 11.3 Å². The van der Waals surface area contributed by atoms with Crippen molar-refractivity contribution in [3.05, 3.63) is 46.9 Å². The number of carbonyl (C=O) groups is 1. The minimum absolute atomic E-state index is 0.240. The smallest absolute Gasteiger partial charge is 0.277 e. The lowest BCUT2D eigenvalue weighted by molar-refractivity contribution is 0.102. The summed E-state index contributed by atoms with van der Waals surface area (Å²) in [6, 6.07) is 3.91. The van der Waals surface area contributed by atoms with Gasteiger partial charge in [0.2, 0.25) is 0 Å². The molecule has 0 bridgehead atoms. The Kier molecular flexibility index (Phi) is 2.79. The van der Waals surface area contributed by atoms with Gasteiger partial charge in [-0.2, -0.15) is 0 Å². The number of amides is 1. The minimum Gasteiger partial charge on any atom is -0.306 e. The SMILES string of the molecule is Cc1ccn2cc(C(=O)Nc3nc(C)cs3)nc2c1. The van der Waals surface area contributed by atoms with Gasteiger partial charge in [0.05, 0.1) is 5.69 Å². The summed E-state index contributed by atoms with van der Waals surface area (Å²) < 4.78 is 1.83. The van der Waals surface area contributed by atoms with Gasteiger partial charge in [-0.1, -0.05) is 0 Å². The second-order valence-electron chi connectivity index (χ2n) is 4.34. The molecule has 0 fully saturated rings. The highest BCUT2D eigenvalue weighted by atomic mass is 32.1. The quantitative estimate of drug-likeness (QED) is 0.780. The maximum absolute atomic E-state index is 12.1. The van der Waals surface area contributed by atoms with Crippen molar-refractivity contribution < 1.29 is 4.79 Å². The van der Waals surface area contributed by atoms with Gasteiger partial charge in [-0.25, -0.2) is 9.97 Å². The number of carbonyl (C=O) groups excluding carboxylic acids is 1. The first-order valence-electron chi connectivity index (χ1n) is 5.81. The number of pyridine rings is 1. The number of anilines is 1. The monoisotopic (exact) mass is 272 g/mol. The number of imidazole rings is 1. The molecule has 3 aromatic heterocycles. The maximum Gasteiger partial charge on any atom is 0.277 e. The molecule has 3 aromatic rings. The second-order valence-corrected chi connectivity index (χ2v) is 5.20. The van der Waals surface area contributed by atoms with E-state index in [1.807, 2.05) is 42.0 Å². The van der Waals surface area contributed by atoms with E-state index in [0.29, 0.717) is 10.8 Å². The standard InChI is InChI=1S/C13H12N4OS/c1-8-3-4-17-6-10(15-11(17)5-8)12(18)16-13-14-9(2)7-19-13/h3-7H,1-2H3,(H,14,16,18). The summed E-state index contributed by atoms with van der Waals surface area (Å²) in [5.41, 5.74) is 3.16. The third kappa shape index (κ3) is 2.34. The molecular formula is C13H12N4OS. The van der Waals surface area contributed by atoms with Gasteiger partial charge in [-0.15, -0.1) is 11.3 Å². The van der Waals surface area contributed by atoms with Gasteiger partial charge in [-0.3, -0.25) is 10.1 Å². The average Bonchev–Trinajstić information content (AvgIpc) is 2.95. The predicted octanol–water partition coefficient (Wildman–Crippen LogP) is 2.66. The fourth-order valence-corrected chi connectivity index (χ4v) is 2.45. The molecule has 19 heavy (non-hydrogen) atoms. The first-order chi connectivity index (χ1) is 9.11. The zero-order valence-electron chi connectivity index (χ0n) is 10.5. The molecule has 3 rings (SSSR count). The summed E-state index contributed by atoms with van der Waals surface area (Å²) in [4.78, 5) is 20.6. The van der Waals surface area contributed by atoms with Crippen LogP contribution in [0.5, 0.6) is 0 Å². The molecule has 1 amide bonds. The van der Waals surface area contributed by atoms with Crippen LogP contribution in [0, 0.1) is 13.8 Å². The topological polar surface area (TPSA) is 59.3 Å². The van der Waals surface area contributed by atoms with Crippen molar-refractivity contribution in [2.75, 3.05) is 5.32 Å². The number of rotatable bonds is 2. The number of hydrogen-bond donors (Lipinski definition) is 1. The first kappa shape index (κ1) is 11.9. The number of aromatic nitrogens is 3. The van der Waals surface area contributed by atoms with Gasteiger partial charge in [0.15, 0.2) is 5.13 Å². The molecule has 5 nitrogen and oxygen atoms in total. The van der Waals surface area contributed by atoms with Gasteiger partial charge < -0.3 is 4.40 Å². The molecule has 0 aliphatic rings. The van der Waals surface area contributed by atoms with Crippen molar-refractivity contribution in [3.8, 4) is 0 Å². The molecule has 1 N–H and O–H groups in total. The van der Waals surface area contributed by atoms with Crippen LogP contribution in [0.4, 0.5) is 5.13 Å². The second kappa shape index (κ2) is 4.47. The van der Waals surface area contributed by atoms with Crippen LogP contribution in [-0.4, -0.2) is 20.3 Å². The van der Waals surface area contributed by atoms with E-state index in [4.69, 9.17) is 0 Å². The zero-order chi connectivity index (χ0) is 13.4. The molecule has 0 saturated carbocycles. The van der Waals surface area contributed by atoms with Crippen molar-refractivity contribution in [1.82, 2.24) is 14.4 Å². The molecule has 0 radical (unpaired) electrons. The van der Waals surface area contributed by atoms with Gasteiger partial charge in [0.1, 0.15) is 11.3 Å². The highest BCUT2D eigenvalue weighted by Gasteiger charge is 2.12. The Morgan fingerprint density at radius 3 is 2.95 bits per heavy atom. The molecular weight excluding hydrogens is 260 g/mol. The Morgan fingerprint density at radius 1 is 1.37 bits per heavy atom. The van der Waals surface area contributed by atoms with E-state index in [0.717, 1.165) is 16.9 Å². The average molecular weight is 272 g/mol. The summed E-state index contributed by atoms with van der Waals surface area (Å²) in [6.45, 7) is 3.88. The summed E-state index contributed by atoms with van der Waals surface area (Å²) in [5, 5.41) is 5.23. The number of nitrogens with zero attached hydrogens (tertiary/aromatic N) is 3. The molecule has 0 saturated heterocycles. The number of hydrogen-bond acceptors (Lipinski definition) is 4. The third-order valence-electron chi connectivity index (χ3n) is 2.69. The normalized spacial score (nSPS) is 10.8. The predicted molar refractivity (Wildman–Crippen MR) is 74.7 cm³/mol. The van der Waals surface area contributed by atoms with Crippen LogP contribution in [0.25, 0.3) is 5.65 Å². The lowest BCUT2D eigenvalue weighted by Gasteiger charge is -1.96. The van der Waals surface area contributed by atoms with Crippen LogP contribution in [-0.2, 0) is 0 Å². The van der Waals surface area contributed by atoms with E-state index in [1.165, 1.54) is 11.3 Å². The van der Waals surface area contributed by atoms with Crippen molar-refractivity contribution in [3.63, 3.8) is 0 Å². The molecule has 0 aliphatic heterocycles. The number of fused-ring (bicyclic) bond motifs is 1. The minimum atomic E-state index is -0.240. The lowest BCUT2D eigenvalue weighted by atomic mass is 10.3. The molecule has 96 valence electrons. The molecule has 6 heteroatoms. The fraction of sp³-hybridized carbons (Fsp3) is 0.154. The zero-order valence-corrected chi connectivity index (χ0v) is 11.4. The van der Waals surface area contributed by atoms with Crippen molar-refractivity contribution >= 4 is 28.0 Å². The maximum atomic E-state index is 12.1. The van der Waals surface area contributed by atoms with E-state index < -0.39 is 0 Å². The van der Waals surface area contributed by atoms with Crippen molar-refractivity contribution in [2.45, 2.75) is 13.8 Å². The molecule has 3 heterocycles. The van der Waals surface area contributed by atoms with Crippen LogP contribution in [0.2, 0.25) is 0 Å². The van der Waals surface area contributed by atoms with Gasteiger partial charge in [0, 0.05) is 17.8 Å². The summed E-state index contributed by atoms with van der Waals surface area (Å²) in [5.74, 6) is -0.240. The lowest BCUT2D eigenvalue weighted by Crippen LogP contribution is -2.12. The molecule has 0 spiro atoms. The summed E-state index contributed by atoms with van der Waals surface area (Å²) in [6.07, 6.45) is 3.60. The van der Waals surface area contributed by atoms with Gasteiger partial charge in [-0.05, 0) is 31.5 Å². The Balaban J connectivity index is 1.89. The van der Waals surface area contributed by atoms with E-state index in [2.05, 4.69) is 15.3 Å². The first-order valence-corrected chi connectivity index (χ1v) is 6.68. The Hall–Kier alpha value is -2.21. The summed E-state index contributed by atoms with van der Waals surface area (Å²) in [7, 11) is 0. The van der Waals surface area contributed by atoms with Crippen LogP contribution in [0.3, 0.4) is 0 Å². The number of thiazole rings is 1. The largest absolute Gasteiger partial charge is 0.306 e. The Morgan fingerprint density at radius 2 is 2.21 bits per heavy atom. The van der Waals surface area contributed by atoms with Crippen LogP contribution in [0.1, 0.15) is 21.7 Å². The third-order valence-corrected chi connectivity index (χ3v) is 3.56. The molecule has 0 atom stereocenters. The van der Waals surface area contributed by atoms with Crippen molar-refractivity contribution in [1.29, 1.82) is 0 Å². The highest BCUT2D eigenvalue weighted by molar-refractivity contribution is 7.13. The molecule has 0 aromatic carbocycles. The molecule has 0 aliphatic carbocycles. The van der Waals surface area contributed by atoms with Crippen LogP contribution < -0.4 is 5.32 Å². The van der Waals surface area contributed by atoms with Gasteiger partial charge in [0.25, 0.3) is 5.91 Å². The highest BCUT2D eigenvalue weighted by Crippen LogP contribution is 2.16. The van der Waals surface area contributed by atoms with Crippen LogP contribution in [0.15, 0.2) is 29.9 Å². The number of aryl methyl sites for hydroxylation is 2. The Bertz CT molecular complexity index is 759. The van der Waals surface area contributed by atoms with E-state index >= 15 is 0 Å². The van der Waals surface area contributed by atoms with Gasteiger partial charge >= 0.3 is 0 Å².